The van der Waals surface area contributed by atoms with E-state index in [1.807, 2.05) is 19.1 Å². The molecule has 7 nitrogen and oxygen atoms in total. The number of anilines is 1. The molecule has 0 bridgehead atoms. The van der Waals surface area contributed by atoms with Crippen LogP contribution < -0.4 is 10.1 Å². The first-order valence-corrected chi connectivity index (χ1v) is 10.3. The van der Waals surface area contributed by atoms with Gasteiger partial charge in [-0.3, -0.25) is 4.90 Å². The quantitative estimate of drug-likeness (QED) is 0.588. The Balaban J connectivity index is 1.65. The van der Waals surface area contributed by atoms with E-state index >= 15 is 0 Å². The van der Waals surface area contributed by atoms with Crippen LogP contribution in [0.2, 0.25) is 0 Å². The van der Waals surface area contributed by atoms with E-state index in [1.165, 1.54) is 12.7 Å². The lowest BCUT2D eigenvalue weighted by atomic mass is 9.52. The predicted molar refractivity (Wildman–Crippen MR) is 105 cm³/mol. The van der Waals surface area contributed by atoms with E-state index in [2.05, 4.69) is 16.3 Å². The Kier molecular flexibility index (Phi) is 3.38. The van der Waals surface area contributed by atoms with Crippen molar-refractivity contribution in [2.45, 2.75) is 49.5 Å². The molecule has 5 aliphatic rings. The van der Waals surface area contributed by atoms with Crippen LogP contribution in [0.4, 0.5) is 5.69 Å². The largest absolute Gasteiger partial charge is 0.497 e. The molecule has 154 valence electrons. The smallest absolute Gasteiger partial charge is 0.335 e. The highest BCUT2D eigenvalue weighted by molar-refractivity contribution is 5.93. The summed E-state index contributed by atoms with van der Waals surface area (Å²) in [4.78, 5) is 15.4. The van der Waals surface area contributed by atoms with Crippen LogP contribution in [-0.4, -0.2) is 67.6 Å². The number of methoxy groups -OCH3 is 2. The highest BCUT2D eigenvalue weighted by Crippen LogP contribution is 2.68. The van der Waals surface area contributed by atoms with Crippen LogP contribution >= 0.6 is 0 Å². The van der Waals surface area contributed by atoms with Crippen molar-refractivity contribution in [1.82, 2.24) is 4.90 Å². The number of ether oxygens (including phenoxy) is 3. The van der Waals surface area contributed by atoms with Gasteiger partial charge in [-0.15, -0.1) is 0 Å². The Labute approximate surface area is 169 Å². The standard InChI is InChI=1S/C22H26N2O5/c1-11(25)22-9-13(19(26)28-3)17-21(14-5-4-12(27-2)8-15(14)23-17)6-7-24(20(21)22)10-16-18(22)29-16/h4-5,8,11,16,18,20,23,25H,6-7,9-10H2,1-3H3/t11-,16-,18-,20+,21-,22-/m0/s1. The number of epoxide rings is 1. The fourth-order valence-electron chi connectivity index (χ4n) is 6.95. The molecule has 4 heterocycles. The van der Waals surface area contributed by atoms with Gasteiger partial charge in [0, 0.05) is 35.5 Å². The Bertz CT molecular complexity index is 959. The molecule has 0 aromatic heterocycles. The van der Waals surface area contributed by atoms with Gasteiger partial charge in [-0.1, -0.05) is 6.07 Å². The molecule has 3 saturated heterocycles. The first kappa shape index (κ1) is 17.7. The molecule has 1 aromatic carbocycles. The third kappa shape index (κ3) is 1.92. The molecular weight excluding hydrogens is 372 g/mol. The van der Waals surface area contributed by atoms with E-state index in [4.69, 9.17) is 14.2 Å². The molecule has 1 aromatic rings. The van der Waals surface area contributed by atoms with Crippen LogP contribution in [0.3, 0.4) is 0 Å². The van der Waals surface area contributed by atoms with Crippen molar-refractivity contribution >= 4 is 11.7 Å². The number of aliphatic hydroxyl groups excluding tert-OH is 1. The second-order valence-electron chi connectivity index (χ2n) is 9.06. The summed E-state index contributed by atoms with van der Waals surface area (Å²) in [5.41, 5.74) is 2.81. The molecule has 0 radical (unpaired) electrons. The van der Waals surface area contributed by atoms with E-state index in [1.54, 1.807) is 7.11 Å². The van der Waals surface area contributed by atoms with E-state index in [-0.39, 0.29) is 29.6 Å². The summed E-state index contributed by atoms with van der Waals surface area (Å²) < 4.78 is 16.7. The molecule has 29 heavy (non-hydrogen) atoms. The van der Waals surface area contributed by atoms with Crippen LogP contribution in [0, 0.1) is 5.41 Å². The molecule has 0 unspecified atom stereocenters. The average molecular weight is 398 g/mol. The molecule has 0 saturated carbocycles. The van der Waals surface area contributed by atoms with E-state index in [0.29, 0.717) is 12.0 Å². The lowest BCUT2D eigenvalue weighted by Crippen LogP contribution is -2.66. The zero-order valence-electron chi connectivity index (χ0n) is 16.9. The van der Waals surface area contributed by atoms with Gasteiger partial charge in [0.05, 0.1) is 43.5 Å². The summed E-state index contributed by atoms with van der Waals surface area (Å²) >= 11 is 0. The van der Waals surface area contributed by atoms with Crippen molar-refractivity contribution in [3.63, 3.8) is 0 Å². The molecule has 0 amide bonds. The number of benzene rings is 1. The predicted octanol–water partition coefficient (Wildman–Crippen LogP) is 1.41. The summed E-state index contributed by atoms with van der Waals surface area (Å²) in [5.74, 6) is 0.448. The van der Waals surface area contributed by atoms with Crippen molar-refractivity contribution in [3.05, 3.63) is 35.0 Å². The monoisotopic (exact) mass is 398 g/mol. The molecule has 7 heteroatoms. The molecule has 1 aliphatic carbocycles. The van der Waals surface area contributed by atoms with Crippen molar-refractivity contribution in [2.75, 3.05) is 32.6 Å². The Morgan fingerprint density at radius 2 is 2.24 bits per heavy atom. The van der Waals surface area contributed by atoms with Crippen LogP contribution in [0.1, 0.15) is 25.3 Å². The number of esters is 1. The molecule has 6 rings (SSSR count). The normalized spacial score (nSPS) is 39.7. The van der Waals surface area contributed by atoms with E-state index < -0.39 is 11.5 Å². The lowest BCUT2D eigenvalue weighted by Gasteiger charge is -2.55. The number of fused-ring (bicyclic) bond motifs is 3. The van der Waals surface area contributed by atoms with Crippen LogP contribution in [-0.2, 0) is 19.7 Å². The van der Waals surface area contributed by atoms with Crippen molar-refractivity contribution in [2.24, 2.45) is 5.41 Å². The summed E-state index contributed by atoms with van der Waals surface area (Å²) in [7, 11) is 3.08. The highest BCUT2D eigenvalue weighted by atomic mass is 16.6. The number of carbonyl (C=O) groups excluding carboxylic acids is 1. The van der Waals surface area contributed by atoms with Crippen LogP contribution in [0.5, 0.6) is 5.75 Å². The molecule has 2 N–H and O–H groups in total. The van der Waals surface area contributed by atoms with Crippen molar-refractivity contribution in [1.29, 1.82) is 0 Å². The fourth-order valence-corrected chi connectivity index (χ4v) is 6.95. The Hall–Kier alpha value is -2.09. The lowest BCUT2D eigenvalue weighted by molar-refractivity contribution is -0.138. The first-order valence-electron chi connectivity index (χ1n) is 10.3. The SMILES string of the molecule is COC(=O)C1=C2Nc3cc(OC)ccc3[C@@]23CCN2C[C@@H]4O[C@@H]4[C@@]([C@H](C)O)(C1)[C@H]23. The van der Waals surface area contributed by atoms with Crippen molar-refractivity contribution < 1.29 is 24.1 Å². The molecule has 1 spiro atoms. The Morgan fingerprint density at radius 3 is 2.97 bits per heavy atom. The zero-order valence-corrected chi connectivity index (χ0v) is 16.9. The van der Waals surface area contributed by atoms with Gasteiger partial charge in [0.1, 0.15) is 5.75 Å². The van der Waals surface area contributed by atoms with E-state index in [0.717, 1.165) is 36.6 Å². The maximum atomic E-state index is 12.9. The Morgan fingerprint density at radius 1 is 1.41 bits per heavy atom. The minimum atomic E-state index is -0.608. The van der Waals surface area contributed by atoms with Gasteiger partial charge in [-0.25, -0.2) is 4.79 Å². The average Bonchev–Trinajstić information content (AvgIpc) is 3.31. The van der Waals surface area contributed by atoms with Gasteiger partial charge in [0.2, 0.25) is 0 Å². The number of hydrogen-bond acceptors (Lipinski definition) is 7. The van der Waals surface area contributed by atoms with Gasteiger partial charge in [-0.05, 0) is 37.9 Å². The molecular formula is C22H26N2O5. The summed E-state index contributed by atoms with van der Waals surface area (Å²) in [6.45, 7) is 3.65. The van der Waals surface area contributed by atoms with Crippen LogP contribution in [0.15, 0.2) is 29.5 Å². The summed E-state index contributed by atoms with van der Waals surface area (Å²) in [6.07, 6.45) is 0.856. The number of rotatable bonds is 3. The topological polar surface area (TPSA) is 83.6 Å². The third-order valence-corrected chi connectivity index (χ3v) is 8.07. The highest BCUT2D eigenvalue weighted by Gasteiger charge is 2.75. The minimum absolute atomic E-state index is 0.0257. The van der Waals surface area contributed by atoms with Gasteiger partial charge in [0.15, 0.2) is 0 Å². The van der Waals surface area contributed by atoms with Gasteiger partial charge < -0.3 is 24.6 Å². The van der Waals surface area contributed by atoms with Crippen LogP contribution in [0.25, 0.3) is 0 Å². The van der Waals surface area contributed by atoms with Crippen molar-refractivity contribution in [3.8, 4) is 5.75 Å². The number of piperidine rings is 1. The van der Waals surface area contributed by atoms with Gasteiger partial charge >= 0.3 is 5.97 Å². The molecule has 3 fully saturated rings. The van der Waals surface area contributed by atoms with E-state index in [9.17, 15) is 9.90 Å². The van der Waals surface area contributed by atoms with Gasteiger partial charge in [-0.2, -0.15) is 0 Å². The zero-order chi connectivity index (χ0) is 20.1. The maximum absolute atomic E-state index is 12.9. The number of nitrogens with zero attached hydrogens (tertiary/aromatic N) is 1. The summed E-state index contributed by atoms with van der Waals surface area (Å²) in [5, 5.41) is 14.7. The fraction of sp³-hybridized carbons (Fsp3) is 0.591. The summed E-state index contributed by atoms with van der Waals surface area (Å²) in [6, 6.07) is 6.17. The number of aliphatic hydroxyl groups is 1. The van der Waals surface area contributed by atoms with Gasteiger partial charge in [0.25, 0.3) is 0 Å². The second-order valence-corrected chi connectivity index (χ2v) is 9.06. The minimum Gasteiger partial charge on any atom is -0.497 e. The second kappa shape index (κ2) is 5.53. The number of nitrogens with one attached hydrogen (secondary N) is 1. The maximum Gasteiger partial charge on any atom is 0.335 e. The first-order chi connectivity index (χ1) is 14.0. The molecule has 4 aliphatic heterocycles. The third-order valence-electron chi connectivity index (χ3n) is 8.07. The molecule has 6 atom stereocenters. The number of carbonyl (C=O) groups is 1. The number of hydrogen-bond donors (Lipinski definition) is 2.